The Kier molecular flexibility index (Phi) is 8.06. The van der Waals surface area contributed by atoms with E-state index in [-0.39, 0.29) is 18.5 Å². The summed E-state index contributed by atoms with van der Waals surface area (Å²) in [5, 5.41) is 9.64. The van der Waals surface area contributed by atoms with Crippen LogP contribution in [0.15, 0.2) is 29.2 Å². The lowest BCUT2D eigenvalue weighted by atomic mass is 10.1. The van der Waals surface area contributed by atoms with Gasteiger partial charge in [0.1, 0.15) is 0 Å². The first-order chi connectivity index (χ1) is 12.0. The average Bonchev–Trinajstić information content (AvgIpc) is 2.82. The Morgan fingerprint density at radius 1 is 1.32 bits per heavy atom. The molecule has 1 amide bonds. The molecule has 2 rings (SSSR count). The minimum absolute atomic E-state index is 0.0487. The molecule has 0 aromatic heterocycles. The van der Waals surface area contributed by atoms with Gasteiger partial charge >= 0.3 is 5.97 Å². The third-order valence-corrected chi connectivity index (χ3v) is 5.99. The largest absolute Gasteiger partial charge is 0.480 e. The van der Waals surface area contributed by atoms with Gasteiger partial charge in [-0.15, -0.1) is 11.8 Å². The number of benzene rings is 1. The summed E-state index contributed by atoms with van der Waals surface area (Å²) >= 11 is 7.73. The van der Waals surface area contributed by atoms with Crippen molar-refractivity contribution >= 4 is 35.2 Å². The zero-order valence-corrected chi connectivity index (χ0v) is 16.1. The molecule has 1 atom stereocenters. The van der Waals surface area contributed by atoms with Gasteiger partial charge in [-0.1, -0.05) is 23.7 Å². The smallest absolute Gasteiger partial charge is 0.317 e. The fraction of sp³-hybridized carbons (Fsp3) is 0.556. The van der Waals surface area contributed by atoms with Crippen molar-refractivity contribution in [1.82, 2.24) is 9.80 Å². The van der Waals surface area contributed by atoms with Crippen molar-refractivity contribution in [3.05, 3.63) is 29.3 Å². The van der Waals surface area contributed by atoms with Gasteiger partial charge in [0.15, 0.2) is 0 Å². The lowest BCUT2D eigenvalue weighted by Gasteiger charge is -2.25. The molecule has 0 bridgehead atoms. The molecule has 1 saturated heterocycles. The topological polar surface area (TPSA) is 60.9 Å². The molecular weight excluding hydrogens is 360 g/mol. The number of halogens is 1. The van der Waals surface area contributed by atoms with E-state index in [2.05, 4.69) is 0 Å². The summed E-state index contributed by atoms with van der Waals surface area (Å²) < 4.78 is 0. The second-order valence-corrected chi connectivity index (χ2v) is 7.85. The Bertz CT molecular complexity index is 599. The van der Waals surface area contributed by atoms with Crippen molar-refractivity contribution in [3.8, 4) is 0 Å². The van der Waals surface area contributed by atoms with E-state index in [0.717, 1.165) is 35.7 Å². The molecule has 0 saturated carbocycles. The number of likely N-dealkylation sites (N-methyl/N-ethyl adjacent to an activating group) is 1. The van der Waals surface area contributed by atoms with Gasteiger partial charge in [-0.05, 0) is 38.4 Å². The van der Waals surface area contributed by atoms with Gasteiger partial charge in [0.2, 0.25) is 5.91 Å². The number of carboxylic acids is 1. The van der Waals surface area contributed by atoms with E-state index in [4.69, 9.17) is 16.7 Å². The molecule has 1 fully saturated rings. The van der Waals surface area contributed by atoms with E-state index in [1.54, 1.807) is 11.8 Å². The normalized spacial score (nSPS) is 18.2. The highest BCUT2D eigenvalue weighted by atomic mass is 35.5. The summed E-state index contributed by atoms with van der Waals surface area (Å²) in [5.74, 6) is 0.0684. The predicted molar refractivity (Wildman–Crippen MR) is 101 cm³/mol. The van der Waals surface area contributed by atoms with Crippen LogP contribution in [0.4, 0.5) is 0 Å². The second-order valence-electron chi connectivity index (χ2n) is 6.30. The molecule has 5 nitrogen and oxygen atoms in total. The molecule has 0 radical (unpaired) electrons. The fourth-order valence-electron chi connectivity index (χ4n) is 3.08. The summed E-state index contributed by atoms with van der Waals surface area (Å²) in [4.78, 5) is 28.1. The molecule has 0 aliphatic carbocycles. The highest BCUT2D eigenvalue weighted by Crippen LogP contribution is 2.27. The van der Waals surface area contributed by atoms with Crippen LogP contribution in [0.25, 0.3) is 0 Å². The van der Waals surface area contributed by atoms with E-state index in [1.165, 1.54) is 0 Å². The standard InChI is InChI=1S/C18H25ClN2O3S/c1-20(13-18(23)24)14-5-4-10-21(11-8-14)17(22)9-12-25-16-7-3-2-6-15(16)19/h2-3,6-7,14H,4-5,8-13H2,1H3,(H,23,24). The second kappa shape index (κ2) is 10.0. The maximum Gasteiger partial charge on any atom is 0.317 e. The van der Waals surface area contributed by atoms with Gasteiger partial charge in [-0.25, -0.2) is 0 Å². The first-order valence-electron chi connectivity index (χ1n) is 8.54. The van der Waals surface area contributed by atoms with Crippen LogP contribution < -0.4 is 0 Å². The van der Waals surface area contributed by atoms with Gasteiger partial charge < -0.3 is 10.0 Å². The van der Waals surface area contributed by atoms with Crippen molar-refractivity contribution in [2.24, 2.45) is 0 Å². The van der Waals surface area contributed by atoms with E-state index < -0.39 is 5.97 Å². The van der Waals surface area contributed by atoms with Crippen LogP contribution in [-0.2, 0) is 9.59 Å². The molecule has 138 valence electrons. The lowest BCUT2D eigenvalue weighted by molar-refractivity contribution is -0.138. The zero-order valence-electron chi connectivity index (χ0n) is 14.5. The molecule has 1 aliphatic rings. The molecule has 25 heavy (non-hydrogen) atoms. The minimum Gasteiger partial charge on any atom is -0.480 e. The number of hydrogen-bond donors (Lipinski definition) is 1. The summed E-state index contributed by atoms with van der Waals surface area (Å²) in [5.41, 5.74) is 0. The molecule has 1 aromatic carbocycles. The molecule has 7 heteroatoms. The molecule has 1 heterocycles. The number of carbonyl (C=O) groups is 2. The first-order valence-corrected chi connectivity index (χ1v) is 9.91. The number of rotatable bonds is 7. The van der Waals surface area contributed by atoms with Crippen molar-refractivity contribution < 1.29 is 14.7 Å². The third kappa shape index (κ3) is 6.53. The highest BCUT2D eigenvalue weighted by molar-refractivity contribution is 7.99. The molecule has 0 spiro atoms. The van der Waals surface area contributed by atoms with Crippen LogP contribution in [0.1, 0.15) is 25.7 Å². The van der Waals surface area contributed by atoms with Crippen molar-refractivity contribution in [1.29, 1.82) is 0 Å². The number of nitrogens with zero attached hydrogens (tertiary/aromatic N) is 2. The van der Waals surface area contributed by atoms with Gasteiger partial charge in [0.05, 0.1) is 11.6 Å². The third-order valence-electron chi connectivity index (χ3n) is 4.47. The minimum atomic E-state index is -0.809. The van der Waals surface area contributed by atoms with Crippen LogP contribution >= 0.6 is 23.4 Å². The predicted octanol–water partition coefficient (Wildman–Crippen LogP) is 3.22. The Morgan fingerprint density at radius 3 is 2.80 bits per heavy atom. The van der Waals surface area contributed by atoms with Crippen molar-refractivity contribution in [3.63, 3.8) is 0 Å². The number of hydrogen-bond acceptors (Lipinski definition) is 4. The molecule has 1 aliphatic heterocycles. The summed E-state index contributed by atoms with van der Waals surface area (Å²) in [6, 6.07) is 7.89. The van der Waals surface area contributed by atoms with Gasteiger partial charge in [-0.2, -0.15) is 0 Å². The summed E-state index contributed by atoms with van der Waals surface area (Å²) in [6.07, 6.45) is 3.17. The van der Waals surface area contributed by atoms with Gasteiger partial charge in [-0.3, -0.25) is 14.5 Å². The Morgan fingerprint density at radius 2 is 2.08 bits per heavy atom. The van der Waals surface area contributed by atoms with Crippen molar-refractivity contribution in [2.75, 3.05) is 32.4 Å². The lowest BCUT2D eigenvalue weighted by Crippen LogP contribution is -2.37. The number of aliphatic carboxylic acids is 1. The maximum absolute atomic E-state index is 12.5. The summed E-state index contributed by atoms with van der Waals surface area (Å²) in [7, 11) is 1.84. The Hall–Kier alpha value is -1.24. The Labute approximate surface area is 158 Å². The maximum atomic E-state index is 12.5. The monoisotopic (exact) mass is 384 g/mol. The average molecular weight is 385 g/mol. The Balaban J connectivity index is 1.76. The number of likely N-dealkylation sites (tertiary alicyclic amines) is 1. The van der Waals surface area contributed by atoms with Crippen LogP contribution in [0.5, 0.6) is 0 Å². The van der Waals surface area contributed by atoms with E-state index in [1.807, 2.05) is 41.1 Å². The quantitative estimate of drug-likeness (QED) is 0.731. The number of thioether (sulfide) groups is 1. The number of carbonyl (C=O) groups excluding carboxylic acids is 1. The molecule has 1 unspecified atom stereocenters. The number of amides is 1. The van der Waals surface area contributed by atoms with Gasteiger partial charge in [0, 0.05) is 36.2 Å². The van der Waals surface area contributed by atoms with Crippen LogP contribution in [0.2, 0.25) is 5.02 Å². The highest BCUT2D eigenvalue weighted by Gasteiger charge is 2.23. The molecule has 1 aromatic rings. The first kappa shape index (κ1) is 20.1. The van der Waals surface area contributed by atoms with Crippen molar-refractivity contribution in [2.45, 2.75) is 36.6 Å². The molecule has 1 N–H and O–H groups in total. The van der Waals surface area contributed by atoms with Gasteiger partial charge in [0.25, 0.3) is 0 Å². The SMILES string of the molecule is CN(CC(=O)O)C1CCCN(C(=O)CCSc2ccccc2Cl)CC1. The van der Waals surface area contributed by atoms with E-state index in [0.29, 0.717) is 18.7 Å². The fourth-order valence-corrected chi connectivity index (χ4v) is 4.26. The van der Waals surface area contributed by atoms with E-state index >= 15 is 0 Å². The van der Waals surface area contributed by atoms with Crippen LogP contribution in [0, 0.1) is 0 Å². The summed E-state index contributed by atoms with van der Waals surface area (Å²) in [6.45, 7) is 1.50. The van der Waals surface area contributed by atoms with Crippen LogP contribution in [-0.4, -0.2) is 65.3 Å². The van der Waals surface area contributed by atoms with Crippen LogP contribution in [0.3, 0.4) is 0 Å². The number of carboxylic acid groups (broad SMARTS) is 1. The zero-order chi connectivity index (χ0) is 18.2. The molecular formula is C18H25ClN2O3S. The van der Waals surface area contributed by atoms with E-state index in [9.17, 15) is 9.59 Å².